The lowest BCUT2D eigenvalue weighted by molar-refractivity contribution is 0.415. The van der Waals surface area contributed by atoms with Gasteiger partial charge >= 0.3 is 0 Å². The van der Waals surface area contributed by atoms with E-state index in [2.05, 4.69) is 25.0 Å². The predicted molar refractivity (Wildman–Crippen MR) is 126 cm³/mol. The van der Waals surface area contributed by atoms with E-state index in [1.165, 1.54) is 16.0 Å². The Morgan fingerprint density at radius 1 is 1.19 bits per heavy atom. The van der Waals surface area contributed by atoms with Gasteiger partial charge < -0.3 is 9.72 Å². The molecule has 0 saturated carbocycles. The summed E-state index contributed by atoms with van der Waals surface area (Å²) in [5.74, 6) is 0.747. The molecule has 3 heterocycles. The number of nitrogens with one attached hydrogen (secondary N) is 2. The SMILES string of the molecule is COc1ccc(-c2[nH]n(-c3nc4ccccc4s3)c(=O)c2C=NCCc2cnc[nH]2)cc1. The molecule has 5 aromatic rings. The highest BCUT2D eigenvalue weighted by Crippen LogP contribution is 2.26. The van der Waals surface area contributed by atoms with Gasteiger partial charge in [0.1, 0.15) is 5.75 Å². The van der Waals surface area contributed by atoms with Crippen LogP contribution in [0.15, 0.2) is 70.8 Å². The molecule has 2 N–H and O–H groups in total. The lowest BCUT2D eigenvalue weighted by atomic mass is 10.1. The number of fused-ring (bicyclic) bond motifs is 1. The van der Waals surface area contributed by atoms with E-state index in [1.807, 2.05) is 48.5 Å². The number of rotatable bonds is 7. The van der Waals surface area contributed by atoms with Gasteiger partial charge in [-0.1, -0.05) is 23.5 Å². The second-order valence-corrected chi connectivity index (χ2v) is 8.10. The molecule has 2 aromatic carbocycles. The van der Waals surface area contributed by atoms with Crippen molar-refractivity contribution in [3.8, 4) is 22.1 Å². The molecule has 160 valence electrons. The van der Waals surface area contributed by atoms with Crippen molar-refractivity contribution in [3.63, 3.8) is 0 Å². The maximum absolute atomic E-state index is 13.4. The number of benzene rings is 2. The molecule has 0 aliphatic carbocycles. The van der Waals surface area contributed by atoms with Gasteiger partial charge in [0, 0.05) is 36.6 Å². The zero-order valence-corrected chi connectivity index (χ0v) is 18.1. The van der Waals surface area contributed by atoms with Crippen LogP contribution in [0.1, 0.15) is 11.3 Å². The van der Waals surface area contributed by atoms with Gasteiger partial charge in [0.25, 0.3) is 5.56 Å². The van der Waals surface area contributed by atoms with Crippen molar-refractivity contribution in [1.82, 2.24) is 24.7 Å². The van der Waals surface area contributed by atoms with E-state index in [0.29, 0.717) is 29.4 Å². The molecule has 0 atom stereocenters. The molecular formula is C23H20N6O2S. The second-order valence-electron chi connectivity index (χ2n) is 7.10. The summed E-state index contributed by atoms with van der Waals surface area (Å²) in [7, 11) is 1.62. The molecule has 0 unspecified atom stereocenters. The average molecular weight is 445 g/mol. The molecule has 5 rings (SSSR count). The Morgan fingerprint density at radius 2 is 2.03 bits per heavy atom. The third-order valence-electron chi connectivity index (χ3n) is 5.06. The second kappa shape index (κ2) is 8.64. The number of aromatic amines is 2. The number of ether oxygens (including phenoxy) is 1. The first kappa shape index (κ1) is 20.0. The van der Waals surface area contributed by atoms with E-state index < -0.39 is 0 Å². The van der Waals surface area contributed by atoms with Crippen molar-refractivity contribution in [3.05, 3.63) is 82.7 Å². The minimum absolute atomic E-state index is 0.194. The van der Waals surface area contributed by atoms with Crippen LogP contribution in [-0.4, -0.2) is 44.6 Å². The molecule has 9 heteroatoms. The summed E-state index contributed by atoms with van der Waals surface area (Å²) in [6, 6.07) is 15.4. The third-order valence-corrected chi connectivity index (χ3v) is 6.09. The van der Waals surface area contributed by atoms with Crippen molar-refractivity contribution in [2.45, 2.75) is 6.42 Å². The molecular weight excluding hydrogens is 424 g/mol. The Balaban J connectivity index is 1.55. The van der Waals surface area contributed by atoms with Gasteiger partial charge in [0.15, 0.2) is 0 Å². The summed E-state index contributed by atoms with van der Waals surface area (Å²) in [6.45, 7) is 0.538. The highest BCUT2D eigenvalue weighted by molar-refractivity contribution is 7.20. The van der Waals surface area contributed by atoms with E-state index in [0.717, 1.165) is 27.2 Å². The monoisotopic (exact) mass is 444 g/mol. The maximum atomic E-state index is 13.4. The fourth-order valence-electron chi connectivity index (χ4n) is 3.40. The van der Waals surface area contributed by atoms with Gasteiger partial charge in [-0.3, -0.25) is 14.9 Å². The molecule has 0 aliphatic rings. The summed E-state index contributed by atoms with van der Waals surface area (Å²) in [4.78, 5) is 29.5. The van der Waals surface area contributed by atoms with E-state index >= 15 is 0 Å². The zero-order chi connectivity index (χ0) is 21.9. The number of para-hydroxylation sites is 1. The Morgan fingerprint density at radius 3 is 2.78 bits per heavy atom. The lowest BCUT2D eigenvalue weighted by Crippen LogP contribution is -2.17. The van der Waals surface area contributed by atoms with Crippen molar-refractivity contribution >= 4 is 27.8 Å². The van der Waals surface area contributed by atoms with Gasteiger partial charge in [-0.2, -0.15) is 4.68 Å². The molecule has 0 fully saturated rings. The molecule has 0 bridgehead atoms. The molecule has 0 spiro atoms. The first-order valence-corrected chi connectivity index (χ1v) is 10.9. The van der Waals surface area contributed by atoms with Crippen LogP contribution in [-0.2, 0) is 6.42 Å². The summed E-state index contributed by atoms with van der Waals surface area (Å²) in [5, 5.41) is 3.83. The zero-order valence-electron chi connectivity index (χ0n) is 17.3. The van der Waals surface area contributed by atoms with Crippen molar-refractivity contribution in [2.24, 2.45) is 4.99 Å². The van der Waals surface area contributed by atoms with Gasteiger partial charge in [-0.05, 0) is 36.4 Å². The van der Waals surface area contributed by atoms with Crippen molar-refractivity contribution in [2.75, 3.05) is 13.7 Å². The Labute approximate surface area is 187 Å². The van der Waals surface area contributed by atoms with Crippen LogP contribution >= 0.6 is 11.3 Å². The first-order valence-electron chi connectivity index (χ1n) is 10.1. The standard InChI is InChI=1S/C23H20N6O2S/c1-31-17-8-6-15(7-9-17)21-18(13-24-11-10-16-12-25-14-26-16)22(30)29(28-21)23-27-19-4-2-3-5-20(19)32-23/h2-9,12-14,28H,10-11H2,1H3,(H,25,26). The van der Waals surface area contributed by atoms with Crippen molar-refractivity contribution in [1.29, 1.82) is 0 Å². The van der Waals surface area contributed by atoms with Crippen LogP contribution in [0.2, 0.25) is 0 Å². The molecule has 0 amide bonds. The Kier molecular flexibility index (Phi) is 5.39. The number of aliphatic imine (C=N–C) groups is 1. The number of hydrogen-bond acceptors (Lipinski definition) is 6. The first-order chi connectivity index (χ1) is 15.7. The van der Waals surface area contributed by atoms with E-state index in [4.69, 9.17) is 4.74 Å². The number of nitrogens with zero attached hydrogens (tertiary/aromatic N) is 4. The Bertz CT molecular complexity index is 1390. The smallest absolute Gasteiger partial charge is 0.282 e. The minimum Gasteiger partial charge on any atom is -0.497 e. The van der Waals surface area contributed by atoms with Gasteiger partial charge in [-0.15, -0.1) is 0 Å². The minimum atomic E-state index is -0.194. The van der Waals surface area contributed by atoms with Crippen LogP contribution < -0.4 is 10.3 Å². The van der Waals surface area contributed by atoms with Crippen LogP contribution in [0.25, 0.3) is 26.6 Å². The fraction of sp³-hybridized carbons (Fsp3) is 0.130. The number of imidazole rings is 1. The van der Waals surface area contributed by atoms with Crippen molar-refractivity contribution < 1.29 is 4.74 Å². The van der Waals surface area contributed by atoms with E-state index in [1.54, 1.807) is 25.8 Å². The average Bonchev–Trinajstić information content (AvgIpc) is 3.56. The van der Waals surface area contributed by atoms with Crippen LogP contribution in [0.5, 0.6) is 5.75 Å². The summed E-state index contributed by atoms with van der Waals surface area (Å²) >= 11 is 1.46. The molecule has 3 aromatic heterocycles. The number of aromatic nitrogens is 5. The molecule has 0 aliphatic heterocycles. The maximum Gasteiger partial charge on any atom is 0.282 e. The Hall–Kier alpha value is -3.98. The topological polar surface area (TPSA) is 101 Å². The van der Waals surface area contributed by atoms with E-state index in [9.17, 15) is 4.79 Å². The fourth-order valence-corrected chi connectivity index (χ4v) is 4.33. The van der Waals surface area contributed by atoms with Gasteiger partial charge in [-0.25, -0.2) is 9.97 Å². The molecule has 8 nitrogen and oxygen atoms in total. The number of hydrogen-bond donors (Lipinski definition) is 2. The van der Waals surface area contributed by atoms with E-state index in [-0.39, 0.29) is 5.56 Å². The van der Waals surface area contributed by atoms with Gasteiger partial charge in [0.2, 0.25) is 5.13 Å². The highest BCUT2D eigenvalue weighted by Gasteiger charge is 2.18. The predicted octanol–water partition coefficient (Wildman–Crippen LogP) is 3.84. The summed E-state index contributed by atoms with van der Waals surface area (Å²) in [5.41, 5.74) is 3.69. The lowest BCUT2D eigenvalue weighted by Gasteiger charge is -2.02. The highest BCUT2D eigenvalue weighted by atomic mass is 32.1. The molecule has 0 saturated heterocycles. The van der Waals surface area contributed by atoms with Crippen LogP contribution in [0, 0.1) is 0 Å². The van der Waals surface area contributed by atoms with Crippen LogP contribution in [0.3, 0.4) is 0 Å². The third kappa shape index (κ3) is 3.85. The van der Waals surface area contributed by atoms with Crippen LogP contribution in [0.4, 0.5) is 0 Å². The molecule has 0 radical (unpaired) electrons. The largest absolute Gasteiger partial charge is 0.497 e. The van der Waals surface area contributed by atoms with Gasteiger partial charge in [0.05, 0.1) is 34.9 Å². The normalized spacial score (nSPS) is 11.5. The summed E-state index contributed by atoms with van der Waals surface area (Å²) in [6.07, 6.45) is 5.77. The number of H-pyrrole nitrogens is 2. The molecule has 32 heavy (non-hydrogen) atoms. The number of thiazole rings is 1. The summed E-state index contributed by atoms with van der Waals surface area (Å²) < 4.78 is 7.77. The number of methoxy groups -OCH3 is 1. The quantitative estimate of drug-likeness (QED) is 0.373.